The highest BCUT2D eigenvalue weighted by atomic mass is 32.1. The maximum Gasteiger partial charge on any atom is 0.191 e. The Morgan fingerprint density at radius 2 is 2.44 bits per heavy atom. The van der Waals surface area contributed by atoms with Gasteiger partial charge in [0.2, 0.25) is 0 Å². The third-order valence-electron chi connectivity index (χ3n) is 4.16. The van der Waals surface area contributed by atoms with E-state index < -0.39 is 0 Å². The smallest absolute Gasteiger partial charge is 0.191 e. The van der Waals surface area contributed by atoms with Gasteiger partial charge in [0.25, 0.3) is 0 Å². The van der Waals surface area contributed by atoms with Gasteiger partial charge in [-0.05, 0) is 25.0 Å². The third kappa shape index (κ3) is 5.86. The molecule has 0 radical (unpaired) electrons. The lowest BCUT2D eigenvalue weighted by Crippen LogP contribution is -2.42. The molecule has 136 valence electrons. The zero-order valence-corrected chi connectivity index (χ0v) is 15.4. The summed E-state index contributed by atoms with van der Waals surface area (Å²) in [5, 5.41) is 9.93. The second-order valence-electron chi connectivity index (χ2n) is 6.23. The van der Waals surface area contributed by atoms with Gasteiger partial charge < -0.3 is 19.8 Å². The number of hydrogen-bond donors (Lipinski definition) is 2. The van der Waals surface area contributed by atoms with E-state index in [1.54, 1.807) is 17.6 Å². The summed E-state index contributed by atoms with van der Waals surface area (Å²) in [5.41, 5.74) is 0. The first-order valence-corrected chi connectivity index (χ1v) is 9.75. The van der Waals surface area contributed by atoms with Gasteiger partial charge in [-0.15, -0.1) is 11.3 Å². The molecule has 2 N–H and O–H groups in total. The molecule has 1 fully saturated rings. The van der Waals surface area contributed by atoms with Crippen LogP contribution in [0.4, 0.5) is 0 Å². The molecule has 1 saturated heterocycles. The van der Waals surface area contributed by atoms with Crippen LogP contribution in [0.2, 0.25) is 0 Å². The van der Waals surface area contributed by atoms with Crippen molar-refractivity contribution >= 4 is 17.3 Å². The molecule has 0 aromatic carbocycles. The minimum atomic E-state index is 0.286. The summed E-state index contributed by atoms with van der Waals surface area (Å²) in [6.07, 6.45) is 6.92. The standard InChI is InChI=1S/C18H26N4O2S/c1-14(17-19-8-11-25-17)12-21-18(22-13-16-5-3-10-24-16)20-7-6-15-4-2-9-23-15/h2,4,8-9,11,14,16H,3,5-7,10,12-13H2,1H3,(H2,20,21,22). The van der Waals surface area contributed by atoms with E-state index in [-0.39, 0.29) is 6.10 Å². The largest absolute Gasteiger partial charge is 0.469 e. The lowest BCUT2D eigenvalue weighted by molar-refractivity contribution is 0.114. The van der Waals surface area contributed by atoms with E-state index in [1.165, 1.54) is 0 Å². The van der Waals surface area contributed by atoms with Gasteiger partial charge in [-0.1, -0.05) is 6.92 Å². The number of nitrogens with one attached hydrogen (secondary N) is 2. The number of hydrogen-bond acceptors (Lipinski definition) is 5. The normalized spacial score (nSPS) is 19.1. The minimum Gasteiger partial charge on any atom is -0.469 e. The molecule has 6 nitrogen and oxygen atoms in total. The number of ether oxygens (including phenoxy) is 1. The van der Waals surface area contributed by atoms with Gasteiger partial charge in [-0.2, -0.15) is 0 Å². The Kier molecular flexibility index (Phi) is 6.88. The molecule has 7 heteroatoms. The summed E-state index contributed by atoms with van der Waals surface area (Å²) >= 11 is 1.68. The summed E-state index contributed by atoms with van der Waals surface area (Å²) in [5.74, 6) is 2.11. The predicted molar refractivity (Wildman–Crippen MR) is 100 cm³/mol. The van der Waals surface area contributed by atoms with Crippen LogP contribution < -0.4 is 10.6 Å². The summed E-state index contributed by atoms with van der Waals surface area (Å²) in [7, 11) is 0. The molecule has 0 aliphatic carbocycles. The lowest BCUT2D eigenvalue weighted by atomic mass is 10.2. The van der Waals surface area contributed by atoms with Crippen LogP contribution in [-0.2, 0) is 11.2 Å². The molecule has 0 bridgehead atoms. The van der Waals surface area contributed by atoms with E-state index in [0.717, 1.165) is 55.7 Å². The average molecular weight is 362 g/mol. The molecule has 25 heavy (non-hydrogen) atoms. The van der Waals surface area contributed by atoms with E-state index in [1.807, 2.05) is 23.7 Å². The first-order valence-electron chi connectivity index (χ1n) is 8.87. The van der Waals surface area contributed by atoms with Crippen LogP contribution in [0.25, 0.3) is 0 Å². The zero-order valence-electron chi connectivity index (χ0n) is 14.6. The van der Waals surface area contributed by atoms with E-state index in [4.69, 9.17) is 14.1 Å². The summed E-state index contributed by atoms with van der Waals surface area (Å²) in [6, 6.07) is 3.90. The summed E-state index contributed by atoms with van der Waals surface area (Å²) in [6.45, 7) is 5.29. The van der Waals surface area contributed by atoms with Crippen molar-refractivity contribution in [1.29, 1.82) is 0 Å². The molecule has 2 aromatic heterocycles. The van der Waals surface area contributed by atoms with Crippen molar-refractivity contribution in [2.45, 2.75) is 38.2 Å². The Morgan fingerprint density at radius 1 is 1.48 bits per heavy atom. The molecular weight excluding hydrogens is 336 g/mol. The van der Waals surface area contributed by atoms with E-state index in [9.17, 15) is 0 Å². The Labute approximate surface area is 152 Å². The van der Waals surface area contributed by atoms with Crippen LogP contribution in [0.1, 0.15) is 36.5 Å². The monoisotopic (exact) mass is 362 g/mol. The second-order valence-corrected chi connectivity index (χ2v) is 7.16. The number of aromatic nitrogens is 1. The quantitative estimate of drug-likeness (QED) is 0.558. The first kappa shape index (κ1) is 17.9. The highest BCUT2D eigenvalue weighted by molar-refractivity contribution is 7.09. The van der Waals surface area contributed by atoms with E-state index in [2.05, 4.69) is 22.5 Å². The summed E-state index contributed by atoms with van der Waals surface area (Å²) in [4.78, 5) is 9.11. The fourth-order valence-corrected chi connectivity index (χ4v) is 3.42. The number of nitrogens with zero attached hydrogens (tertiary/aromatic N) is 2. The average Bonchev–Trinajstić information content (AvgIpc) is 3.39. The topological polar surface area (TPSA) is 71.7 Å². The Balaban J connectivity index is 1.51. The van der Waals surface area contributed by atoms with E-state index in [0.29, 0.717) is 12.5 Å². The third-order valence-corrected chi connectivity index (χ3v) is 5.17. The number of guanidine groups is 1. The van der Waals surface area contributed by atoms with Gasteiger partial charge in [0.15, 0.2) is 5.96 Å². The van der Waals surface area contributed by atoms with Gasteiger partial charge in [-0.3, -0.25) is 4.99 Å². The molecule has 2 aromatic rings. The number of furan rings is 1. The van der Waals surface area contributed by atoms with Crippen LogP contribution in [0, 0.1) is 0 Å². The maximum atomic E-state index is 5.68. The second kappa shape index (κ2) is 9.58. The Bertz CT molecular complexity index is 622. The SMILES string of the molecule is CC(CN=C(NCCc1ccco1)NCC1CCCO1)c1nccs1. The molecule has 0 amide bonds. The van der Waals surface area contributed by atoms with Crippen LogP contribution in [-0.4, -0.2) is 43.3 Å². The molecule has 3 rings (SSSR count). The molecule has 0 saturated carbocycles. The predicted octanol–water partition coefficient (Wildman–Crippen LogP) is 2.80. The maximum absolute atomic E-state index is 5.68. The molecular formula is C18H26N4O2S. The van der Waals surface area contributed by atoms with Crippen molar-refractivity contribution in [3.05, 3.63) is 40.7 Å². The van der Waals surface area contributed by atoms with Crippen LogP contribution in [0.15, 0.2) is 39.4 Å². The molecule has 3 heterocycles. The number of aliphatic imine (C=N–C) groups is 1. The van der Waals surface area contributed by atoms with Crippen LogP contribution in [0.3, 0.4) is 0 Å². The molecule has 1 aliphatic rings. The Hall–Kier alpha value is -1.86. The van der Waals surface area contributed by atoms with Crippen molar-refractivity contribution in [3.63, 3.8) is 0 Å². The molecule has 2 atom stereocenters. The fourth-order valence-electron chi connectivity index (χ4n) is 2.73. The molecule has 1 aliphatic heterocycles. The van der Waals surface area contributed by atoms with Gasteiger partial charge >= 0.3 is 0 Å². The van der Waals surface area contributed by atoms with Gasteiger partial charge in [0, 0.05) is 43.6 Å². The van der Waals surface area contributed by atoms with Crippen molar-refractivity contribution in [2.75, 3.05) is 26.2 Å². The van der Waals surface area contributed by atoms with E-state index >= 15 is 0 Å². The van der Waals surface area contributed by atoms with Crippen molar-refractivity contribution in [1.82, 2.24) is 15.6 Å². The molecule has 0 spiro atoms. The van der Waals surface area contributed by atoms with Crippen molar-refractivity contribution in [3.8, 4) is 0 Å². The Morgan fingerprint density at radius 3 is 3.16 bits per heavy atom. The molecule has 2 unspecified atom stereocenters. The minimum absolute atomic E-state index is 0.286. The highest BCUT2D eigenvalue weighted by Gasteiger charge is 2.16. The number of rotatable bonds is 8. The van der Waals surface area contributed by atoms with Crippen molar-refractivity contribution < 1.29 is 9.15 Å². The fraction of sp³-hybridized carbons (Fsp3) is 0.556. The summed E-state index contributed by atoms with van der Waals surface area (Å²) < 4.78 is 11.1. The van der Waals surface area contributed by atoms with Gasteiger partial charge in [0.1, 0.15) is 5.76 Å². The van der Waals surface area contributed by atoms with Gasteiger partial charge in [0.05, 0.1) is 23.9 Å². The van der Waals surface area contributed by atoms with Crippen LogP contribution >= 0.6 is 11.3 Å². The zero-order chi connectivity index (χ0) is 17.3. The highest BCUT2D eigenvalue weighted by Crippen LogP contribution is 2.17. The van der Waals surface area contributed by atoms with Gasteiger partial charge in [-0.25, -0.2) is 4.98 Å². The number of thiazole rings is 1. The first-order chi connectivity index (χ1) is 12.3. The lowest BCUT2D eigenvalue weighted by Gasteiger charge is -2.16. The van der Waals surface area contributed by atoms with Crippen molar-refractivity contribution in [2.24, 2.45) is 4.99 Å². The van der Waals surface area contributed by atoms with Crippen LogP contribution in [0.5, 0.6) is 0 Å².